The monoisotopic (exact) mass is 259 g/mol. The summed E-state index contributed by atoms with van der Waals surface area (Å²) in [5.74, 6) is 0.254. The molecule has 5 nitrogen and oxygen atoms in total. The number of hydrogen-bond acceptors (Lipinski definition) is 4. The molecular weight excluding hydrogens is 242 g/mol. The van der Waals surface area contributed by atoms with Gasteiger partial charge in [-0.25, -0.2) is 0 Å². The van der Waals surface area contributed by atoms with Crippen LogP contribution in [-0.2, 0) is 14.3 Å². The predicted molar refractivity (Wildman–Crippen MR) is 64.1 cm³/mol. The highest BCUT2D eigenvalue weighted by Gasteiger charge is 2.34. The van der Waals surface area contributed by atoms with Crippen molar-refractivity contribution in [2.45, 2.75) is 30.6 Å². The third-order valence-electron chi connectivity index (χ3n) is 3.13. The quantitative estimate of drug-likeness (QED) is 0.803. The Morgan fingerprint density at radius 2 is 2.29 bits per heavy atom. The van der Waals surface area contributed by atoms with E-state index in [0.29, 0.717) is 19.8 Å². The zero-order chi connectivity index (χ0) is 12.3. The molecule has 0 aromatic rings. The second kappa shape index (κ2) is 5.73. The van der Waals surface area contributed by atoms with Crippen molar-refractivity contribution in [2.75, 3.05) is 25.5 Å². The summed E-state index contributed by atoms with van der Waals surface area (Å²) in [7, 11) is 0. The first-order valence-electron chi connectivity index (χ1n) is 5.90. The van der Waals surface area contributed by atoms with Crippen molar-refractivity contribution in [1.29, 1.82) is 0 Å². The van der Waals surface area contributed by atoms with Crippen molar-refractivity contribution in [3.05, 3.63) is 0 Å². The van der Waals surface area contributed by atoms with Crippen LogP contribution in [0.3, 0.4) is 0 Å². The molecule has 2 aliphatic rings. The zero-order valence-corrected chi connectivity index (χ0v) is 10.4. The van der Waals surface area contributed by atoms with Gasteiger partial charge in [0.2, 0.25) is 5.91 Å². The summed E-state index contributed by atoms with van der Waals surface area (Å²) in [5.41, 5.74) is 0. The van der Waals surface area contributed by atoms with E-state index in [-0.39, 0.29) is 23.6 Å². The number of ether oxygens (including phenoxy) is 1. The van der Waals surface area contributed by atoms with Crippen molar-refractivity contribution in [3.8, 4) is 0 Å². The zero-order valence-electron chi connectivity index (χ0n) is 9.63. The van der Waals surface area contributed by atoms with Crippen LogP contribution >= 0.6 is 11.8 Å². The van der Waals surface area contributed by atoms with E-state index in [1.165, 1.54) is 0 Å². The molecule has 2 unspecified atom stereocenters. The van der Waals surface area contributed by atoms with E-state index in [1.807, 2.05) is 0 Å². The third-order valence-corrected chi connectivity index (χ3v) is 4.49. The lowest BCUT2D eigenvalue weighted by atomic mass is 10.1. The van der Waals surface area contributed by atoms with Gasteiger partial charge in [0.05, 0.1) is 30.9 Å². The van der Waals surface area contributed by atoms with E-state index >= 15 is 0 Å². The Labute approximate surface area is 104 Å². The van der Waals surface area contributed by atoms with E-state index in [9.17, 15) is 9.59 Å². The van der Waals surface area contributed by atoms with Crippen molar-refractivity contribution < 1.29 is 19.4 Å². The molecule has 0 saturated carbocycles. The molecule has 2 aliphatic heterocycles. The van der Waals surface area contributed by atoms with Gasteiger partial charge in [-0.15, -0.1) is 11.8 Å². The highest BCUT2D eigenvalue weighted by Crippen LogP contribution is 2.29. The molecule has 1 N–H and O–H groups in total. The maximum atomic E-state index is 12.2. The van der Waals surface area contributed by atoms with Gasteiger partial charge in [-0.2, -0.15) is 0 Å². The molecule has 96 valence electrons. The minimum Gasteiger partial charge on any atom is -0.481 e. The van der Waals surface area contributed by atoms with Gasteiger partial charge < -0.3 is 14.7 Å². The number of aliphatic carboxylic acids is 1. The lowest BCUT2D eigenvalue weighted by Crippen LogP contribution is -2.51. The molecule has 2 fully saturated rings. The molecule has 0 aliphatic carbocycles. The Hall–Kier alpha value is -0.750. The maximum Gasteiger partial charge on any atom is 0.305 e. The lowest BCUT2D eigenvalue weighted by Gasteiger charge is -2.36. The molecule has 2 saturated heterocycles. The number of carbonyl (C=O) groups excluding carboxylic acids is 1. The SMILES string of the molecule is O=C(O)CC1COCCN1C(=O)C1CCCS1. The molecule has 2 rings (SSSR count). The van der Waals surface area contributed by atoms with Gasteiger partial charge >= 0.3 is 5.97 Å². The molecule has 0 radical (unpaired) electrons. The minimum absolute atomic E-state index is 0.0247. The van der Waals surface area contributed by atoms with Crippen LogP contribution in [0.25, 0.3) is 0 Å². The second-order valence-corrected chi connectivity index (χ2v) is 5.67. The molecule has 0 aromatic heterocycles. The predicted octanol–water partition coefficient (Wildman–Crippen LogP) is 0.584. The molecular formula is C11H17NO4S. The fourth-order valence-electron chi connectivity index (χ4n) is 2.27. The Bertz CT molecular complexity index is 304. The van der Waals surface area contributed by atoms with Crippen LogP contribution in [-0.4, -0.2) is 58.7 Å². The number of rotatable bonds is 3. The number of amides is 1. The van der Waals surface area contributed by atoms with Crippen LogP contribution in [0.2, 0.25) is 0 Å². The lowest BCUT2D eigenvalue weighted by molar-refractivity contribution is -0.146. The Morgan fingerprint density at radius 1 is 1.47 bits per heavy atom. The molecule has 0 aromatic carbocycles. The first kappa shape index (κ1) is 12.7. The van der Waals surface area contributed by atoms with Gasteiger partial charge in [-0.1, -0.05) is 0 Å². The van der Waals surface area contributed by atoms with Crippen molar-refractivity contribution in [2.24, 2.45) is 0 Å². The summed E-state index contributed by atoms with van der Waals surface area (Å²) in [6.45, 7) is 1.38. The van der Waals surface area contributed by atoms with Crippen LogP contribution < -0.4 is 0 Å². The highest BCUT2D eigenvalue weighted by molar-refractivity contribution is 8.00. The summed E-state index contributed by atoms with van der Waals surface area (Å²) in [6, 6.07) is -0.296. The van der Waals surface area contributed by atoms with Gasteiger partial charge in [0.1, 0.15) is 0 Å². The molecule has 2 atom stereocenters. The second-order valence-electron chi connectivity index (χ2n) is 4.36. The number of nitrogens with zero attached hydrogens (tertiary/aromatic N) is 1. The van der Waals surface area contributed by atoms with Crippen LogP contribution in [0.5, 0.6) is 0 Å². The highest BCUT2D eigenvalue weighted by atomic mass is 32.2. The maximum absolute atomic E-state index is 12.2. The topological polar surface area (TPSA) is 66.8 Å². The Morgan fingerprint density at radius 3 is 2.94 bits per heavy atom. The number of carbonyl (C=O) groups is 2. The van der Waals surface area contributed by atoms with Crippen LogP contribution in [0.1, 0.15) is 19.3 Å². The number of carboxylic acid groups (broad SMARTS) is 1. The largest absolute Gasteiger partial charge is 0.481 e. The van der Waals surface area contributed by atoms with E-state index in [0.717, 1.165) is 18.6 Å². The van der Waals surface area contributed by atoms with E-state index < -0.39 is 5.97 Å². The number of carboxylic acids is 1. The number of morpholine rings is 1. The van der Waals surface area contributed by atoms with Gasteiger partial charge in [-0.05, 0) is 18.6 Å². The van der Waals surface area contributed by atoms with Crippen LogP contribution in [0.4, 0.5) is 0 Å². The van der Waals surface area contributed by atoms with E-state index in [1.54, 1.807) is 16.7 Å². The standard InChI is InChI=1S/C11H17NO4S/c13-10(14)6-8-7-16-4-3-12(8)11(15)9-2-1-5-17-9/h8-9H,1-7H2,(H,13,14). The van der Waals surface area contributed by atoms with Gasteiger partial charge in [0.25, 0.3) is 0 Å². The van der Waals surface area contributed by atoms with Gasteiger partial charge in [0.15, 0.2) is 0 Å². The van der Waals surface area contributed by atoms with Crippen molar-refractivity contribution >= 4 is 23.6 Å². The summed E-state index contributed by atoms with van der Waals surface area (Å²) in [5, 5.41) is 8.86. The van der Waals surface area contributed by atoms with Crippen molar-refractivity contribution in [1.82, 2.24) is 4.90 Å². The normalized spacial score (nSPS) is 29.3. The van der Waals surface area contributed by atoms with Crippen LogP contribution in [0, 0.1) is 0 Å². The minimum atomic E-state index is -0.877. The van der Waals surface area contributed by atoms with Gasteiger partial charge in [0, 0.05) is 6.54 Å². The van der Waals surface area contributed by atoms with Gasteiger partial charge in [-0.3, -0.25) is 9.59 Å². The number of thioether (sulfide) groups is 1. The smallest absolute Gasteiger partial charge is 0.305 e. The molecule has 1 amide bonds. The average Bonchev–Trinajstić information content (AvgIpc) is 2.81. The average molecular weight is 259 g/mol. The molecule has 17 heavy (non-hydrogen) atoms. The fourth-order valence-corrected chi connectivity index (χ4v) is 3.50. The van der Waals surface area contributed by atoms with E-state index in [4.69, 9.17) is 9.84 Å². The number of hydrogen-bond donors (Lipinski definition) is 1. The first-order chi connectivity index (χ1) is 8.18. The first-order valence-corrected chi connectivity index (χ1v) is 6.95. The summed E-state index contributed by atoms with van der Waals surface area (Å²) in [6.07, 6.45) is 1.97. The molecule has 2 heterocycles. The fraction of sp³-hybridized carbons (Fsp3) is 0.818. The summed E-state index contributed by atoms with van der Waals surface area (Å²) >= 11 is 1.69. The van der Waals surface area contributed by atoms with Crippen LogP contribution in [0.15, 0.2) is 0 Å². The Kier molecular flexibility index (Phi) is 4.28. The summed E-state index contributed by atoms with van der Waals surface area (Å²) < 4.78 is 5.26. The van der Waals surface area contributed by atoms with E-state index in [2.05, 4.69) is 0 Å². The van der Waals surface area contributed by atoms with Crippen molar-refractivity contribution in [3.63, 3.8) is 0 Å². The third kappa shape index (κ3) is 3.13. The molecule has 6 heteroatoms. The molecule has 0 spiro atoms. The summed E-state index contributed by atoms with van der Waals surface area (Å²) in [4.78, 5) is 24.7. The Balaban J connectivity index is 1.99. The molecule has 0 bridgehead atoms.